The van der Waals surface area contributed by atoms with E-state index in [1.165, 1.54) is 14.2 Å². The van der Waals surface area contributed by atoms with Crippen molar-refractivity contribution >= 4 is 40.6 Å². The van der Waals surface area contributed by atoms with Gasteiger partial charge in [0.25, 0.3) is 0 Å². The number of hydrogen-bond acceptors (Lipinski definition) is 7. The van der Waals surface area contributed by atoms with E-state index < -0.39 is 35.8 Å². The zero-order chi connectivity index (χ0) is 21.6. The lowest BCUT2D eigenvalue weighted by Gasteiger charge is -2.31. The Kier molecular flexibility index (Phi) is 8.48. The first kappa shape index (κ1) is 24.0. The van der Waals surface area contributed by atoms with E-state index in [4.69, 9.17) is 15.2 Å². The maximum atomic E-state index is 12.9. The van der Waals surface area contributed by atoms with Crippen LogP contribution in [0.4, 0.5) is 4.79 Å². The van der Waals surface area contributed by atoms with Gasteiger partial charge in [-0.15, -0.1) is 0 Å². The number of carbonyl (C=O) groups excluding carboxylic acids is 3. The molecule has 0 unspecified atom stereocenters. The second-order valence-corrected chi connectivity index (χ2v) is 8.06. The molecule has 2 atom stereocenters. The summed E-state index contributed by atoms with van der Waals surface area (Å²) in [4.78, 5) is 38.1. The zero-order valence-electron chi connectivity index (χ0n) is 16.7. The summed E-state index contributed by atoms with van der Waals surface area (Å²) in [5.41, 5.74) is 5.38. The van der Waals surface area contributed by atoms with Crippen molar-refractivity contribution in [1.29, 1.82) is 0 Å². The Morgan fingerprint density at radius 1 is 1.21 bits per heavy atom. The molecule has 0 saturated carbocycles. The minimum Gasteiger partial charge on any atom is -0.496 e. The van der Waals surface area contributed by atoms with E-state index in [1.54, 1.807) is 39.0 Å². The molecular formula is C18H26IN3O6. The molecule has 28 heavy (non-hydrogen) atoms. The Balaban J connectivity index is 3.26. The second-order valence-electron chi connectivity index (χ2n) is 6.90. The molecule has 1 rings (SSSR count). The predicted octanol–water partition coefficient (Wildman–Crippen LogP) is 1.78. The third kappa shape index (κ3) is 6.51. The van der Waals surface area contributed by atoms with Crippen molar-refractivity contribution in [3.05, 3.63) is 27.3 Å². The van der Waals surface area contributed by atoms with Crippen molar-refractivity contribution in [2.24, 2.45) is 5.73 Å². The third-order valence-corrected chi connectivity index (χ3v) is 4.40. The van der Waals surface area contributed by atoms with Gasteiger partial charge in [0, 0.05) is 7.05 Å². The SMILES string of the molecule is COC(=O)[C@H](N)NC(=O)[C@H](c1ccc(OC)c(I)c1)N(C)C(=O)OC(C)(C)C. The minimum atomic E-state index is -1.37. The van der Waals surface area contributed by atoms with Crippen molar-refractivity contribution < 1.29 is 28.6 Å². The third-order valence-electron chi connectivity index (χ3n) is 3.56. The summed E-state index contributed by atoms with van der Waals surface area (Å²) >= 11 is 2.06. The number of benzene rings is 1. The van der Waals surface area contributed by atoms with Gasteiger partial charge in [0.05, 0.1) is 17.8 Å². The van der Waals surface area contributed by atoms with Gasteiger partial charge in [-0.25, -0.2) is 9.59 Å². The van der Waals surface area contributed by atoms with E-state index in [2.05, 4.69) is 32.6 Å². The van der Waals surface area contributed by atoms with E-state index in [0.717, 1.165) is 15.6 Å². The Bertz CT molecular complexity index is 735. The number of nitrogens with two attached hydrogens (primary N) is 1. The lowest BCUT2D eigenvalue weighted by molar-refractivity contribution is -0.145. The molecule has 0 spiro atoms. The van der Waals surface area contributed by atoms with Gasteiger partial charge in [0.2, 0.25) is 5.91 Å². The monoisotopic (exact) mass is 507 g/mol. The first-order chi connectivity index (χ1) is 12.9. The molecule has 3 N–H and O–H groups in total. The van der Waals surface area contributed by atoms with Crippen LogP contribution in [0.3, 0.4) is 0 Å². The highest BCUT2D eigenvalue weighted by molar-refractivity contribution is 14.1. The second kappa shape index (κ2) is 9.92. The van der Waals surface area contributed by atoms with Crippen LogP contribution in [-0.2, 0) is 19.1 Å². The van der Waals surface area contributed by atoms with Gasteiger partial charge in [-0.05, 0) is 61.1 Å². The molecule has 2 amide bonds. The summed E-state index contributed by atoms with van der Waals surface area (Å²) in [6, 6.07) is 3.94. The van der Waals surface area contributed by atoms with Crippen molar-refractivity contribution in [3.63, 3.8) is 0 Å². The van der Waals surface area contributed by atoms with Crippen molar-refractivity contribution in [1.82, 2.24) is 10.2 Å². The number of nitrogens with one attached hydrogen (secondary N) is 1. The Hall–Kier alpha value is -2.08. The number of carbonyl (C=O) groups is 3. The van der Waals surface area contributed by atoms with Crippen molar-refractivity contribution in [2.45, 2.75) is 38.6 Å². The molecule has 0 aliphatic rings. The summed E-state index contributed by atoms with van der Waals surface area (Å²) < 4.78 is 15.8. The van der Waals surface area contributed by atoms with E-state index in [9.17, 15) is 14.4 Å². The van der Waals surface area contributed by atoms with Crippen LogP contribution in [0.5, 0.6) is 5.75 Å². The molecule has 9 nitrogen and oxygen atoms in total. The van der Waals surface area contributed by atoms with Crippen molar-refractivity contribution in [3.8, 4) is 5.75 Å². The largest absolute Gasteiger partial charge is 0.496 e. The summed E-state index contributed by atoms with van der Waals surface area (Å²) in [6.45, 7) is 5.16. The Morgan fingerprint density at radius 3 is 2.29 bits per heavy atom. The maximum Gasteiger partial charge on any atom is 0.410 e. The number of halogens is 1. The van der Waals surface area contributed by atoms with Gasteiger partial charge in [-0.2, -0.15) is 0 Å². The summed E-state index contributed by atoms with van der Waals surface area (Å²) in [5, 5.41) is 2.36. The topological polar surface area (TPSA) is 120 Å². The smallest absolute Gasteiger partial charge is 0.410 e. The van der Waals surface area contributed by atoms with Crippen LogP contribution in [0.1, 0.15) is 32.4 Å². The first-order valence-electron chi connectivity index (χ1n) is 8.34. The minimum absolute atomic E-state index is 0.494. The normalized spacial score (nSPS) is 13.1. The Morgan fingerprint density at radius 2 is 1.82 bits per heavy atom. The molecule has 0 aliphatic carbocycles. The molecule has 0 heterocycles. The molecule has 0 aliphatic heterocycles. The fourth-order valence-corrected chi connectivity index (χ4v) is 3.02. The number of amides is 2. The number of ether oxygens (including phenoxy) is 3. The number of methoxy groups -OCH3 is 2. The maximum absolute atomic E-state index is 12.9. The van der Waals surface area contributed by atoms with Crippen LogP contribution in [0.2, 0.25) is 0 Å². The first-order valence-corrected chi connectivity index (χ1v) is 9.42. The van der Waals surface area contributed by atoms with Crippen LogP contribution >= 0.6 is 22.6 Å². The molecule has 0 aromatic heterocycles. The molecule has 0 saturated heterocycles. The molecule has 1 aromatic rings. The van der Waals surface area contributed by atoms with Crippen LogP contribution in [0.25, 0.3) is 0 Å². The summed E-state index contributed by atoms with van der Waals surface area (Å²) in [7, 11) is 4.12. The molecule has 0 fully saturated rings. The number of esters is 1. The quantitative estimate of drug-likeness (QED) is 0.342. The number of rotatable bonds is 6. The fourth-order valence-electron chi connectivity index (χ4n) is 2.26. The van der Waals surface area contributed by atoms with Crippen LogP contribution in [-0.4, -0.2) is 55.9 Å². The molecule has 0 bridgehead atoms. The van der Waals surface area contributed by atoms with Gasteiger partial charge in [0.15, 0.2) is 6.17 Å². The molecule has 0 radical (unpaired) electrons. The summed E-state index contributed by atoms with van der Waals surface area (Å²) in [5.74, 6) is -0.849. The molecule has 1 aromatic carbocycles. The summed E-state index contributed by atoms with van der Waals surface area (Å²) in [6.07, 6.45) is -2.07. The molecule has 156 valence electrons. The van der Waals surface area contributed by atoms with E-state index in [1.807, 2.05) is 0 Å². The van der Waals surface area contributed by atoms with Gasteiger partial charge in [-0.1, -0.05) is 6.07 Å². The molecule has 10 heteroatoms. The van der Waals surface area contributed by atoms with Gasteiger partial charge >= 0.3 is 12.1 Å². The Labute approximate surface area is 178 Å². The van der Waals surface area contributed by atoms with Gasteiger partial charge in [-0.3, -0.25) is 9.69 Å². The van der Waals surface area contributed by atoms with E-state index in [-0.39, 0.29) is 0 Å². The highest BCUT2D eigenvalue weighted by Crippen LogP contribution is 2.28. The van der Waals surface area contributed by atoms with E-state index >= 15 is 0 Å². The molecular weight excluding hydrogens is 481 g/mol. The van der Waals surface area contributed by atoms with Gasteiger partial charge < -0.3 is 25.3 Å². The lowest BCUT2D eigenvalue weighted by Crippen LogP contribution is -2.52. The predicted molar refractivity (Wildman–Crippen MR) is 111 cm³/mol. The standard InChI is InChI=1S/C18H26IN3O6/c1-18(2,3)28-17(25)22(4)13(15(23)21-14(20)16(24)27-6)10-7-8-12(26-5)11(19)9-10/h7-9,13-14H,20H2,1-6H3,(H,21,23)/t13-,14+/m0/s1. The van der Waals surface area contributed by atoms with Crippen LogP contribution in [0, 0.1) is 3.57 Å². The number of nitrogens with zero attached hydrogens (tertiary/aromatic N) is 1. The van der Waals surface area contributed by atoms with Gasteiger partial charge in [0.1, 0.15) is 17.4 Å². The van der Waals surface area contributed by atoms with E-state index in [0.29, 0.717) is 11.3 Å². The van der Waals surface area contributed by atoms with Crippen LogP contribution in [0.15, 0.2) is 18.2 Å². The van der Waals surface area contributed by atoms with Crippen LogP contribution < -0.4 is 15.8 Å². The average Bonchev–Trinajstić information content (AvgIpc) is 2.59. The highest BCUT2D eigenvalue weighted by atomic mass is 127. The fraction of sp³-hybridized carbons (Fsp3) is 0.500. The average molecular weight is 507 g/mol. The highest BCUT2D eigenvalue weighted by Gasteiger charge is 2.33. The number of hydrogen-bond donors (Lipinski definition) is 2. The van der Waals surface area contributed by atoms with Crippen molar-refractivity contribution in [2.75, 3.05) is 21.3 Å². The lowest BCUT2D eigenvalue weighted by atomic mass is 10.0. The number of likely N-dealkylation sites (N-methyl/N-ethyl adjacent to an activating group) is 1. The zero-order valence-corrected chi connectivity index (χ0v) is 18.9.